The average molecular weight is 519 g/mol. The number of aryl methyl sites for hydroxylation is 2. The summed E-state index contributed by atoms with van der Waals surface area (Å²) in [7, 11) is 0. The molecule has 0 radical (unpaired) electrons. The number of pyridine rings is 2. The molecule has 0 aliphatic carbocycles. The van der Waals surface area contributed by atoms with E-state index in [0.717, 1.165) is 17.8 Å². The van der Waals surface area contributed by atoms with Gasteiger partial charge < -0.3 is 15.6 Å². The van der Waals surface area contributed by atoms with Crippen LogP contribution in [0.2, 0.25) is 0 Å². The maximum Gasteiger partial charge on any atom is 0.416 e. The van der Waals surface area contributed by atoms with Gasteiger partial charge in [-0.1, -0.05) is 13.0 Å². The van der Waals surface area contributed by atoms with Crippen molar-refractivity contribution in [3.63, 3.8) is 0 Å². The quantitative estimate of drug-likeness (QED) is 0.264. The van der Waals surface area contributed by atoms with Crippen LogP contribution in [0, 0.1) is 6.92 Å². The standard InChI is InChI=1S/C26H21F3N8O/c1-3-15-11-31-20(10-18(15)26(27,28)29)25(38)36-16-7-6-14(2)19(9-16)37-23-17(5-4-8-30-23)21-22-24(34-12-32-21)35-13-33-22/h4-13H,3H2,1-2H3,(H,30,37)(H,36,38)(H,32,33,34,35). The Morgan fingerprint density at radius 1 is 1.05 bits per heavy atom. The highest BCUT2D eigenvalue weighted by molar-refractivity contribution is 6.03. The van der Waals surface area contributed by atoms with E-state index in [4.69, 9.17) is 0 Å². The molecule has 0 unspecified atom stereocenters. The van der Waals surface area contributed by atoms with E-state index in [0.29, 0.717) is 39.6 Å². The van der Waals surface area contributed by atoms with Crippen LogP contribution in [-0.4, -0.2) is 35.8 Å². The van der Waals surface area contributed by atoms with Gasteiger partial charge in [0, 0.05) is 29.3 Å². The van der Waals surface area contributed by atoms with Crippen LogP contribution < -0.4 is 10.6 Å². The fraction of sp³-hybridized carbons (Fsp3) is 0.154. The molecule has 4 heterocycles. The molecular weight excluding hydrogens is 497 g/mol. The van der Waals surface area contributed by atoms with Crippen LogP contribution in [-0.2, 0) is 12.6 Å². The lowest BCUT2D eigenvalue weighted by molar-refractivity contribution is -0.138. The SMILES string of the molecule is CCc1cnc(C(=O)Nc2ccc(C)c(Nc3ncccc3-c3ncnc4[nH]cnc34)c2)cc1C(F)(F)F. The molecule has 0 spiro atoms. The summed E-state index contributed by atoms with van der Waals surface area (Å²) in [5.74, 6) is -0.262. The number of carbonyl (C=O) groups excluding carboxylic acids is 1. The zero-order valence-corrected chi connectivity index (χ0v) is 20.3. The number of nitrogens with zero attached hydrogens (tertiary/aromatic N) is 5. The van der Waals surface area contributed by atoms with Crippen molar-refractivity contribution in [2.45, 2.75) is 26.4 Å². The van der Waals surface area contributed by atoms with Gasteiger partial charge in [0.05, 0.1) is 11.9 Å². The smallest absolute Gasteiger partial charge is 0.339 e. The molecule has 5 rings (SSSR count). The highest BCUT2D eigenvalue weighted by atomic mass is 19.4. The number of alkyl halides is 3. The van der Waals surface area contributed by atoms with Crippen LogP contribution in [0.25, 0.3) is 22.4 Å². The number of amides is 1. The fourth-order valence-electron chi connectivity index (χ4n) is 3.97. The van der Waals surface area contributed by atoms with E-state index in [1.54, 1.807) is 37.4 Å². The van der Waals surface area contributed by atoms with Gasteiger partial charge in [-0.05, 0) is 54.8 Å². The normalized spacial score (nSPS) is 11.5. The zero-order chi connectivity index (χ0) is 26.9. The number of carbonyl (C=O) groups is 1. The van der Waals surface area contributed by atoms with Gasteiger partial charge in [0.25, 0.3) is 5.91 Å². The summed E-state index contributed by atoms with van der Waals surface area (Å²) in [5.41, 5.74) is 3.09. The van der Waals surface area contributed by atoms with Crippen LogP contribution in [0.5, 0.6) is 0 Å². The molecule has 1 amide bonds. The largest absolute Gasteiger partial charge is 0.416 e. The van der Waals surface area contributed by atoms with Crippen molar-refractivity contribution in [2.75, 3.05) is 10.6 Å². The van der Waals surface area contributed by atoms with E-state index in [9.17, 15) is 18.0 Å². The van der Waals surface area contributed by atoms with E-state index < -0.39 is 17.6 Å². The molecule has 0 aliphatic rings. The molecule has 0 fully saturated rings. The molecule has 5 aromatic rings. The number of benzene rings is 1. The third-order valence-corrected chi connectivity index (χ3v) is 5.93. The van der Waals surface area contributed by atoms with Crippen LogP contribution in [0.3, 0.4) is 0 Å². The molecular formula is C26H21F3N8O. The molecule has 12 heteroatoms. The van der Waals surface area contributed by atoms with Gasteiger partial charge in [-0.25, -0.2) is 19.9 Å². The molecule has 0 saturated heterocycles. The number of aromatic amines is 1. The summed E-state index contributed by atoms with van der Waals surface area (Å²) < 4.78 is 40.3. The molecule has 38 heavy (non-hydrogen) atoms. The fourth-order valence-corrected chi connectivity index (χ4v) is 3.97. The van der Waals surface area contributed by atoms with Gasteiger partial charge in [0.15, 0.2) is 5.65 Å². The second-order valence-corrected chi connectivity index (χ2v) is 8.41. The zero-order valence-electron chi connectivity index (χ0n) is 20.3. The first kappa shape index (κ1) is 24.8. The molecule has 0 aliphatic heterocycles. The first-order valence-electron chi connectivity index (χ1n) is 11.6. The van der Waals surface area contributed by atoms with Crippen molar-refractivity contribution in [3.05, 3.63) is 83.8 Å². The molecule has 0 saturated carbocycles. The monoisotopic (exact) mass is 518 g/mol. The number of halogens is 3. The van der Waals surface area contributed by atoms with Gasteiger partial charge in [0.2, 0.25) is 0 Å². The van der Waals surface area contributed by atoms with E-state index in [1.807, 2.05) is 13.0 Å². The van der Waals surface area contributed by atoms with Crippen LogP contribution in [0.15, 0.2) is 61.4 Å². The minimum Gasteiger partial charge on any atom is -0.339 e. The van der Waals surface area contributed by atoms with Crippen molar-refractivity contribution in [3.8, 4) is 11.3 Å². The molecule has 3 N–H and O–H groups in total. The lowest BCUT2D eigenvalue weighted by Crippen LogP contribution is -2.17. The summed E-state index contributed by atoms with van der Waals surface area (Å²) in [6.45, 7) is 3.47. The van der Waals surface area contributed by atoms with Crippen molar-refractivity contribution in [2.24, 2.45) is 0 Å². The Morgan fingerprint density at radius 3 is 2.68 bits per heavy atom. The number of H-pyrrole nitrogens is 1. The Morgan fingerprint density at radius 2 is 1.89 bits per heavy atom. The number of fused-ring (bicyclic) bond motifs is 1. The van der Waals surface area contributed by atoms with Crippen molar-refractivity contribution in [1.29, 1.82) is 0 Å². The maximum atomic E-state index is 13.4. The minimum atomic E-state index is -4.59. The molecule has 1 aromatic carbocycles. The number of anilines is 3. The number of aromatic nitrogens is 6. The van der Waals surface area contributed by atoms with Crippen molar-refractivity contribution >= 4 is 34.3 Å². The van der Waals surface area contributed by atoms with Gasteiger partial charge in [-0.3, -0.25) is 9.78 Å². The van der Waals surface area contributed by atoms with Crippen LogP contribution in [0.4, 0.5) is 30.4 Å². The topological polar surface area (TPSA) is 121 Å². The van der Waals surface area contributed by atoms with Gasteiger partial charge in [0.1, 0.15) is 29.0 Å². The predicted octanol–water partition coefficient (Wildman–Crippen LogP) is 5.70. The van der Waals surface area contributed by atoms with E-state index in [-0.39, 0.29) is 17.7 Å². The van der Waals surface area contributed by atoms with Crippen molar-refractivity contribution < 1.29 is 18.0 Å². The van der Waals surface area contributed by atoms with E-state index >= 15 is 0 Å². The third kappa shape index (κ3) is 4.88. The number of hydrogen-bond donors (Lipinski definition) is 3. The number of hydrogen-bond acceptors (Lipinski definition) is 7. The molecule has 0 atom stereocenters. The third-order valence-electron chi connectivity index (χ3n) is 5.93. The lowest BCUT2D eigenvalue weighted by Gasteiger charge is -2.15. The summed E-state index contributed by atoms with van der Waals surface area (Å²) in [6.07, 6.45) is 1.23. The average Bonchev–Trinajstić information content (AvgIpc) is 3.39. The van der Waals surface area contributed by atoms with E-state index in [1.165, 1.54) is 12.7 Å². The Hall–Kier alpha value is -4.87. The van der Waals surface area contributed by atoms with Crippen LogP contribution >= 0.6 is 0 Å². The highest BCUT2D eigenvalue weighted by Gasteiger charge is 2.34. The Bertz CT molecular complexity index is 1650. The Balaban J connectivity index is 1.43. The number of rotatable bonds is 6. The first-order chi connectivity index (χ1) is 18.2. The summed E-state index contributed by atoms with van der Waals surface area (Å²) in [5, 5.41) is 5.90. The van der Waals surface area contributed by atoms with Gasteiger partial charge in [-0.2, -0.15) is 13.2 Å². The lowest BCUT2D eigenvalue weighted by atomic mass is 10.1. The van der Waals surface area contributed by atoms with Gasteiger partial charge >= 0.3 is 6.18 Å². The first-order valence-corrected chi connectivity index (χ1v) is 11.6. The molecule has 4 aromatic heterocycles. The molecule has 0 bridgehead atoms. The Kier molecular flexibility index (Phi) is 6.45. The summed E-state index contributed by atoms with van der Waals surface area (Å²) in [4.78, 5) is 37.0. The Labute approximate surface area is 214 Å². The van der Waals surface area contributed by atoms with Gasteiger partial charge in [-0.15, -0.1) is 0 Å². The number of imidazole rings is 1. The maximum absolute atomic E-state index is 13.4. The number of nitrogens with one attached hydrogen (secondary N) is 3. The molecule has 192 valence electrons. The predicted molar refractivity (Wildman–Crippen MR) is 136 cm³/mol. The summed E-state index contributed by atoms with van der Waals surface area (Å²) >= 11 is 0. The van der Waals surface area contributed by atoms with Crippen molar-refractivity contribution in [1.82, 2.24) is 29.9 Å². The summed E-state index contributed by atoms with van der Waals surface area (Å²) in [6, 6.07) is 9.49. The van der Waals surface area contributed by atoms with Crippen LogP contribution in [0.1, 0.15) is 34.1 Å². The van der Waals surface area contributed by atoms with E-state index in [2.05, 4.69) is 40.5 Å². The highest BCUT2D eigenvalue weighted by Crippen LogP contribution is 2.34. The second kappa shape index (κ2) is 9.88. The molecule has 9 nitrogen and oxygen atoms in total. The second-order valence-electron chi connectivity index (χ2n) is 8.41. The minimum absolute atomic E-state index is 0.0258.